The van der Waals surface area contributed by atoms with Crippen molar-refractivity contribution in [3.05, 3.63) is 53.3 Å². The maximum absolute atomic E-state index is 9.92. The summed E-state index contributed by atoms with van der Waals surface area (Å²) in [5.41, 5.74) is 2.53. The lowest BCUT2D eigenvalue weighted by atomic mass is 10.1. The summed E-state index contributed by atoms with van der Waals surface area (Å²) < 4.78 is 5.06. The number of methoxy groups -OCH3 is 1. The van der Waals surface area contributed by atoms with E-state index in [1.165, 1.54) is 7.11 Å². The Balaban J connectivity index is 2.29. The Bertz CT molecular complexity index is 576. The van der Waals surface area contributed by atoms with Crippen LogP contribution in [0, 0.1) is 6.92 Å². The number of aromatic nitrogens is 1. The third kappa shape index (κ3) is 2.69. The monoisotopic (exact) mass is 241 g/mol. The first kappa shape index (κ1) is 12.2. The van der Waals surface area contributed by atoms with Crippen LogP contribution in [-0.4, -0.2) is 17.2 Å². The molecule has 0 aliphatic heterocycles. The van der Waals surface area contributed by atoms with Gasteiger partial charge in [-0.25, -0.2) is 0 Å². The van der Waals surface area contributed by atoms with Gasteiger partial charge in [-0.05, 0) is 37.3 Å². The van der Waals surface area contributed by atoms with Crippen LogP contribution in [-0.2, 0) is 0 Å². The van der Waals surface area contributed by atoms with Crippen molar-refractivity contribution in [2.24, 2.45) is 0 Å². The summed E-state index contributed by atoms with van der Waals surface area (Å²) in [5.74, 6) is 0.609. The van der Waals surface area contributed by atoms with E-state index in [4.69, 9.17) is 4.74 Å². The Labute approximate surface area is 106 Å². The van der Waals surface area contributed by atoms with Crippen LogP contribution >= 0.6 is 0 Å². The van der Waals surface area contributed by atoms with Gasteiger partial charge in [-0.15, -0.1) is 0 Å². The Morgan fingerprint density at radius 3 is 2.61 bits per heavy atom. The zero-order valence-corrected chi connectivity index (χ0v) is 10.4. The van der Waals surface area contributed by atoms with Crippen LogP contribution in [0.1, 0.15) is 17.0 Å². The van der Waals surface area contributed by atoms with Crippen LogP contribution in [0.2, 0.25) is 0 Å². The molecule has 0 aliphatic carbocycles. The van der Waals surface area contributed by atoms with E-state index in [-0.39, 0.29) is 5.75 Å². The van der Waals surface area contributed by atoms with Crippen LogP contribution in [0.3, 0.4) is 0 Å². The van der Waals surface area contributed by atoms with Gasteiger partial charge in [-0.1, -0.05) is 18.2 Å². The second kappa shape index (κ2) is 5.36. The van der Waals surface area contributed by atoms with Gasteiger partial charge in [0, 0.05) is 11.3 Å². The molecule has 0 saturated carbocycles. The molecule has 0 spiro atoms. The Hall–Kier alpha value is -2.29. The fourth-order valence-electron chi connectivity index (χ4n) is 1.67. The number of hydrogen-bond donors (Lipinski definition) is 1. The molecule has 0 aliphatic rings. The summed E-state index contributed by atoms with van der Waals surface area (Å²) in [4.78, 5) is 4.36. The lowest BCUT2D eigenvalue weighted by Crippen LogP contribution is -1.86. The Morgan fingerprint density at radius 2 is 1.89 bits per heavy atom. The zero-order valence-electron chi connectivity index (χ0n) is 10.4. The molecule has 0 atom stereocenters. The van der Waals surface area contributed by atoms with E-state index in [9.17, 15) is 5.11 Å². The molecule has 2 aromatic rings. The summed E-state index contributed by atoms with van der Waals surface area (Å²) in [7, 11) is 1.53. The molecular formula is C15H15NO2. The van der Waals surface area contributed by atoms with Gasteiger partial charge in [0.1, 0.15) is 0 Å². The van der Waals surface area contributed by atoms with E-state index in [0.29, 0.717) is 11.3 Å². The predicted octanol–water partition coefficient (Wildman–Crippen LogP) is 3.27. The third-order valence-electron chi connectivity index (χ3n) is 2.59. The fraction of sp³-hybridized carbons (Fsp3) is 0.133. The molecule has 0 unspecified atom stereocenters. The van der Waals surface area contributed by atoms with Crippen LogP contribution in [0.25, 0.3) is 12.2 Å². The minimum absolute atomic E-state index is 0.143. The average Bonchev–Trinajstić information content (AvgIpc) is 2.38. The number of phenolic OH excluding ortho intramolecular Hbond substituents is 1. The highest BCUT2D eigenvalue weighted by atomic mass is 16.5. The van der Waals surface area contributed by atoms with E-state index >= 15 is 0 Å². The van der Waals surface area contributed by atoms with Gasteiger partial charge in [0.15, 0.2) is 11.5 Å². The summed E-state index contributed by atoms with van der Waals surface area (Å²) in [6.45, 7) is 1.94. The number of para-hydroxylation sites is 1. The first-order valence-electron chi connectivity index (χ1n) is 5.68. The second-order valence-corrected chi connectivity index (χ2v) is 3.94. The molecule has 1 aromatic carbocycles. The van der Waals surface area contributed by atoms with Crippen molar-refractivity contribution >= 4 is 12.2 Å². The maximum atomic E-state index is 9.92. The summed E-state index contributed by atoms with van der Waals surface area (Å²) in [6.07, 6.45) is 3.68. The van der Waals surface area contributed by atoms with E-state index in [1.54, 1.807) is 6.07 Å². The highest BCUT2D eigenvalue weighted by Gasteiger charge is 2.03. The Kier molecular flexibility index (Phi) is 3.63. The van der Waals surface area contributed by atoms with Crippen molar-refractivity contribution in [2.75, 3.05) is 7.11 Å². The minimum Gasteiger partial charge on any atom is -0.504 e. The number of aryl methyl sites for hydroxylation is 1. The molecule has 0 fully saturated rings. The molecule has 0 radical (unpaired) electrons. The van der Waals surface area contributed by atoms with Crippen molar-refractivity contribution in [2.45, 2.75) is 6.92 Å². The van der Waals surface area contributed by atoms with Crippen molar-refractivity contribution in [3.8, 4) is 11.5 Å². The van der Waals surface area contributed by atoms with Gasteiger partial charge >= 0.3 is 0 Å². The predicted molar refractivity (Wildman–Crippen MR) is 72.6 cm³/mol. The molecule has 2 rings (SSSR count). The lowest BCUT2D eigenvalue weighted by Gasteiger charge is -2.05. The molecule has 1 N–H and O–H groups in total. The Morgan fingerprint density at radius 1 is 1.11 bits per heavy atom. The van der Waals surface area contributed by atoms with Crippen LogP contribution in [0.4, 0.5) is 0 Å². The second-order valence-electron chi connectivity index (χ2n) is 3.94. The van der Waals surface area contributed by atoms with Crippen LogP contribution in [0.15, 0.2) is 36.4 Å². The number of pyridine rings is 1. The van der Waals surface area contributed by atoms with Crippen LogP contribution in [0.5, 0.6) is 11.5 Å². The van der Waals surface area contributed by atoms with Gasteiger partial charge in [0.2, 0.25) is 0 Å². The largest absolute Gasteiger partial charge is 0.504 e. The molecule has 92 valence electrons. The SMILES string of the molecule is COc1cccc(/C=C/c2cccc(C)n2)c1O. The summed E-state index contributed by atoms with van der Waals surface area (Å²) in [6, 6.07) is 11.2. The third-order valence-corrected chi connectivity index (χ3v) is 2.59. The van der Waals surface area contributed by atoms with Gasteiger partial charge < -0.3 is 9.84 Å². The number of nitrogens with zero attached hydrogens (tertiary/aromatic N) is 1. The zero-order chi connectivity index (χ0) is 13.0. The van der Waals surface area contributed by atoms with Crippen molar-refractivity contribution < 1.29 is 9.84 Å². The van der Waals surface area contributed by atoms with Gasteiger partial charge in [-0.2, -0.15) is 0 Å². The number of hydrogen-bond acceptors (Lipinski definition) is 3. The topological polar surface area (TPSA) is 42.4 Å². The molecule has 3 nitrogen and oxygen atoms in total. The molecule has 3 heteroatoms. The first-order valence-corrected chi connectivity index (χ1v) is 5.68. The number of phenols is 1. The highest BCUT2D eigenvalue weighted by molar-refractivity contribution is 5.72. The normalized spacial score (nSPS) is 10.8. The number of aromatic hydroxyl groups is 1. The molecule has 1 aromatic heterocycles. The number of rotatable bonds is 3. The van der Waals surface area contributed by atoms with Crippen molar-refractivity contribution in [1.29, 1.82) is 0 Å². The van der Waals surface area contributed by atoms with Crippen molar-refractivity contribution in [3.63, 3.8) is 0 Å². The lowest BCUT2D eigenvalue weighted by molar-refractivity contribution is 0.373. The number of benzene rings is 1. The van der Waals surface area contributed by atoms with E-state index in [0.717, 1.165) is 11.4 Å². The van der Waals surface area contributed by atoms with E-state index in [2.05, 4.69) is 4.98 Å². The molecule has 18 heavy (non-hydrogen) atoms. The molecule has 1 heterocycles. The summed E-state index contributed by atoms with van der Waals surface area (Å²) in [5, 5.41) is 9.92. The standard InChI is InChI=1S/C15H15NO2/c1-11-5-3-7-13(16-11)10-9-12-6-4-8-14(18-2)15(12)17/h3-10,17H,1-2H3/b10-9+. The highest BCUT2D eigenvalue weighted by Crippen LogP contribution is 2.30. The maximum Gasteiger partial charge on any atom is 0.165 e. The minimum atomic E-state index is 0.143. The van der Waals surface area contributed by atoms with E-state index in [1.807, 2.05) is 49.4 Å². The van der Waals surface area contributed by atoms with E-state index < -0.39 is 0 Å². The van der Waals surface area contributed by atoms with Crippen molar-refractivity contribution in [1.82, 2.24) is 4.98 Å². The molecule has 0 amide bonds. The summed E-state index contributed by atoms with van der Waals surface area (Å²) >= 11 is 0. The van der Waals surface area contributed by atoms with Gasteiger partial charge in [0.05, 0.1) is 12.8 Å². The van der Waals surface area contributed by atoms with Gasteiger partial charge in [-0.3, -0.25) is 4.98 Å². The molecular weight excluding hydrogens is 226 g/mol. The van der Waals surface area contributed by atoms with Gasteiger partial charge in [0.25, 0.3) is 0 Å². The smallest absolute Gasteiger partial charge is 0.165 e. The number of ether oxygens (including phenoxy) is 1. The molecule has 0 saturated heterocycles. The quantitative estimate of drug-likeness (QED) is 0.896. The van der Waals surface area contributed by atoms with Crippen LogP contribution < -0.4 is 4.74 Å². The average molecular weight is 241 g/mol. The molecule has 0 bridgehead atoms. The fourth-order valence-corrected chi connectivity index (χ4v) is 1.67. The first-order chi connectivity index (χ1) is 8.70.